The van der Waals surface area contributed by atoms with Crippen molar-refractivity contribution in [3.05, 3.63) is 0 Å². The Morgan fingerprint density at radius 2 is 2.33 bits per heavy atom. The van der Waals surface area contributed by atoms with Crippen molar-refractivity contribution in [2.24, 2.45) is 5.73 Å². The standard InChI is InChI=1S/C3H7NO3P.Zn/c4-3-1-2-6-8(5)7-3;/h3H,1-2,4H2;/q+1;. The second-order valence-electron chi connectivity index (χ2n) is 1.49. The molecule has 9 heavy (non-hydrogen) atoms. The molecule has 1 heterocycles. The molecule has 2 atom stereocenters. The maximum absolute atomic E-state index is 10.3. The van der Waals surface area contributed by atoms with Gasteiger partial charge in [0.25, 0.3) is 0 Å². The zero-order valence-corrected chi connectivity index (χ0v) is 8.81. The van der Waals surface area contributed by atoms with Crippen LogP contribution in [0.1, 0.15) is 6.42 Å². The summed E-state index contributed by atoms with van der Waals surface area (Å²) in [6.45, 7) is 0.441. The van der Waals surface area contributed by atoms with Crippen LogP contribution in [0.2, 0.25) is 0 Å². The van der Waals surface area contributed by atoms with Gasteiger partial charge in [-0.15, -0.1) is 9.05 Å². The molecule has 4 nitrogen and oxygen atoms in total. The average molecular weight is 201 g/mol. The van der Waals surface area contributed by atoms with Crippen LogP contribution in [-0.4, -0.2) is 12.8 Å². The third-order valence-electron chi connectivity index (χ3n) is 0.821. The van der Waals surface area contributed by atoms with Crippen LogP contribution < -0.4 is 5.73 Å². The molecule has 0 aliphatic carbocycles. The van der Waals surface area contributed by atoms with Crippen molar-refractivity contribution in [2.45, 2.75) is 12.6 Å². The van der Waals surface area contributed by atoms with E-state index in [1.165, 1.54) is 0 Å². The fourth-order valence-corrected chi connectivity index (χ4v) is 1.08. The minimum Gasteiger partial charge on any atom is -0.302 e. The molecule has 1 saturated heterocycles. The molecule has 0 spiro atoms. The Labute approximate surface area is 66.8 Å². The molecule has 1 rings (SSSR count). The van der Waals surface area contributed by atoms with E-state index in [1.54, 1.807) is 0 Å². The van der Waals surface area contributed by atoms with Crippen molar-refractivity contribution in [3.8, 4) is 0 Å². The number of rotatable bonds is 0. The predicted octanol–water partition coefficient (Wildman–Crippen LogP) is 0.363. The van der Waals surface area contributed by atoms with Crippen LogP contribution in [0, 0.1) is 0 Å². The largest absolute Gasteiger partial charge is 0.699 e. The molecule has 0 bridgehead atoms. The Bertz CT molecular complexity index is 111. The van der Waals surface area contributed by atoms with Crippen molar-refractivity contribution in [3.63, 3.8) is 0 Å². The van der Waals surface area contributed by atoms with E-state index >= 15 is 0 Å². The maximum Gasteiger partial charge on any atom is 0.699 e. The van der Waals surface area contributed by atoms with Gasteiger partial charge in [0.2, 0.25) is 0 Å². The van der Waals surface area contributed by atoms with E-state index in [0.29, 0.717) is 13.0 Å². The van der Waals surface area contributed by atoms with Gasteiger partial charge in [-0.2, -0.15) is 0 Å². The molecule has 1 aliphatic rings. The molecule has 0 aromatic heterocycles. The van der Waals surface area contributed by atoms with Crippen LogP contribution in [0.15, 0.2) is 0 Å². The van der Waals surface area contributed by atoms with Crippen molar-refractivity contribution in [1.29, 1.82) is 0 Å². The van der Waals surface area contributed by atoms with E-state index in [-0.39, 0.29) is 19.5 Å². The summed E-state index contributed by atoms with van der Waals surface area (Å²) in [6.07, 6.45) is 0.230. The van der Waals surface area contributed by atoms with Gasteiger partial charge in [0, 0.05) is 30.5 Å². The Balaban J connectivity index is 0.000000640. The third-order valence-corrected chi connectivity index (χ3v) is 1.66. The molecule has 6 heteroatoms. The van der Waals surface area contributed by atoms with E-state index in [4.69, 9.17) is 5.73 Å². The van der Waals surface area contributed by atoms with E-state index in [1.807, 2.05) is 0 Å². The summed E-state index contributed by atoms with van der Waals surface area (Å²) >= 11 is 0. The fourth-order valence-electron chi connectivity index (χ4n) is 0.437. The molecule has 0 amide bonds. The zero-order valence-electron chi connectivity index (χ0n) is 4.95. The predicted molar refractivity (Wildman–Crippen MR) is 27.2 cm³/mol. The molecule has 48 valence electrons. The van der Waals surface area contributed by atoms with Gasteiger partial charge in [0.15, 0.2) is 6.23 Å². The first-order valence-corrected chi connectivity index (χ1v) is 3.41. The monoisotopic (exact) mass is 200 g/mol. The van der Waals surface area contributed by atoms with Crippen molar-refractivity contribution in [2.75, 3.05) is 6.61 Å². The quantitative estimate of drug-likeness (QED) is 0.454. The minimum absolute atomic E-state index is 0. The van der Waals surface area contributed by atoms with Crippen LogP contribution in [-0.2, 0) is 33.1 Å². The second kappa shape index (κ2) is 4.42. The fraction of sp³-hybridized carbons (Fsp3) is 1.00. The molecule has 1 fully saturated rings. The van der Waals surface area contributed by atoms with Gasteiger partial charge in [-0.1, -0.05) is 0 Å². The van der Waals surface area contributed by atoms with E-state index < -0.39 is 14.5 Å². The van der Waals surface area contributed by atoms with Crippen molar-refractivity contribution >= 4 is 8.25 Å². The molecule has 0 aromatic rings. The van der Waals surface area contributed by atoms with Crippen LogP contribution in [0.4, 0.5) is 0 Å². The number of nitrogens with two attached hydrogens (primary N) is 1. The Kier molecular flexibility index (Phi) is 4.72. The van der Waals surface area contributed by atoms with E-state index in [0.717, 1.165) is 0 Å². The molecule has 2 N–H and O–H groups in total. The molecular formula is C3H7NO3PZn+. The first kappa shape index (κ1) is 9.60. The second-order valence-corrected chi connectivity index (χ2v) is 2.41. The summed E-state index contributed by atoms with van der Waals surface area (Å²) < 4.78 is 19.4. The van der Waals surface area contributed by atoms with Gasteiger partial charge in [-0.05, 0) is 0 Å². The average Bonchev–Trinajstić information content (AvgIpc) is 1.64. The summed E-state index contributed by atoms with van der Waals surface area (Å²) in [5.41, 5.74) is 5.24. The number of hydrogen-bond acceptors (Lipinski definition) is 4. The first-order chi connectivity index (χ1) is 3.79. The van der Waals surface area contributed by atoms with Crippen molar-refractivity contribution < 1.29 is 33.1 Å². The van der Waals surface area contributed by atoms with Gasteiger partial charge >= 0.3 is 8.25 Å². The van der Waals surface area contributed by atoms with Crippen LogP contribution in [0.3, 0.4) is 0 Å². The topological polar surface area (TPSA) is 61.5 Å². The Morgan fingerprint density at radius 1 is 1.67 bits per heavy atom. The molecule has 0 aromatic carbocycles. The normalized spacial score (nSPS) is 31.2. The van der Waals surface area contributed by atoms with Gasteiger partial charge in [-0.25, -0.2) is 0 Å². The number of hydrogen-bond donors (Lipinski definition) is 1. The van der Waals surface area contributed by atoms with Gasteiger partial charge < -0.3 is 5.73 Å². The Morgan fingerprint density at radius 3 is 2.67 bits per heavy atom. The third kappa shape index (κ3) is 3.34. The van der Waals surface area contributed by atoms with E-state index in [2.05, 4.69) is 9.05 Å². The van der Waals surface area contributed by atoms with Crippen LogP contribution in [0.5, 0.6) is 0 Å². The summed E-state index contributed by atoms with van der Waals surface area (Å²) in [7, 11) is -1.91. The summed E-state index contributed by atoms with van der Waals surface area (Å²) in [6, 6.07) is 0. The van der Waals surface area contributed by atoms with Crippen LogP contribution in [0.25, 0.3) is 0 Å². The molecule has 1 aliphatic heterocycles. The summed E-state index contributed by atoms with van der Waals surface area (Å²) in [5.74, 6) is 0. The minimum atomic E-state index is -1.91. The van der Waals surface area contributed by atoms with E-state index in [9.17, 15) is 4.57 Å². The first-order valence-electron chi connectivity index (χ1n) is 2.31. The van der Waals surface area contributed by atoms with Crippen molar-refractivity contribution in [1.82, 2.24) is 0 Å². The molecule has 2 unspecified atom stereocenters. The van der Waals surface area contributed by atoms with Gasteiger partial charge in [-0.3, -0.25) is 0 Å². The van der Waals surface area contributed by atoms with Crippen LogP contribution >= 0.6 is 8.25 Å². The maximum atomic E-state index is 10.3. The Hall–Kier alpha value is 0.603. The molecule has 0 saturated carbocycles. The van der Waals surface area contributed by atoms with Gasteiger partial charge in [0.05, 0.1) is 0 Å². The van der Waals surface area contributed by atoms with Gasteiger partial charge in [0.1, 0.15) is 6.61 Å². The summed E-state index contributed by atoms with van der Waals surface area (Å²) in [5, 5.41) is 0. The molecule has 0 radical (unpaired) electrons. The smallest absolute Gasteiger partial charge is 0.302 e. The molecular weight excluding hydrogens is 194 g/mol. The SMILES string of the molecule is NC1CCO[P+](=O)O1.[Zn]. The summed E-state index contributed by atoms with van der Waals surface area (Å²) in [4.78, 5) is 0. The zero-order chi connectivity index (χ0) is 5.98.